The second-order valence-electron chi connectivity index (χ2n) is 7.71. The third kappa shape index (κ3) is 3.98. The van der Waals surface area contributed by atoms with Crippen molar-refractivity contribution in [2.45, 2.75) is 32.9 Å². The van der Waals surface area contributed by atoms with Crippen molar-refractivity contribution in [1.29, 1.82) is 0 Å². The van der Waals surface area contributed by atoms with Crippen LogP contribution in [0.4, 0.5) is 5.69 Å². The molecule has 0 aliphatic rings. The van der Waals surface area contributed by atoms with Crippen molar-refractivity contribution < 1.29 is 9.59 Å². The van der Waals surface area contributed by atoms with E-state index in [-0.39, 0.29) is 24.0 Å². The van der Waals surface area contributed by atoms with Gasteiger partial charge in [-0.2, -0.15) is 0 Å². The number of fused-ring (bicyclic) bond motifs is 1. The number of amides is 2. The van der Waals surface area contributed by atoms with Crippen molar-refractivity contribution in [2.75, 3.05) is 5.32 Å². The number of hydrogen-bond acceptors (Lipinski definition) is 3. The highest BCUT2D eigenvalue weighted by Crippen LogP contribution is 2.17. The highest BCUT2D eigenvalue weighted by Gasteiger charge is 2.19. The summed E-state index contributed by atoms with van der Waals surface area (Å²) < 4.78 is 2.93. The number of nitrogens with one attached hydrogen (secondary N) is 2. The Morgan fingerprint density at radius 3 is 2.25 bits per heavy atom. The van der Waals surface area contributed by atoms with E-state index in [9.17, 15) is 14.4 Å². The van der Waals surface area contributed by atoms with Gasteiger partial charge in [0.15, 0.2) is 0 Å². The maximum Gasteiger partial charge on any atom is 0.329 e. The molecule has 0 fully saturated rings. The van der Waals surface area contributed by atoms with E-state index in [0.29, 0.717) is 16.8 Å². The molecule has 28 heavy (non-hydrogen) atoms. The summed E-state index contributed by atoms with van der Waals surface area (Å²) in [5.41, 5.74) is 1.55. The number of aromatic nitrogens is 2. The van der Waals surface area contributed by atoms with Crippen LogP contribution in [0.2, 0.25) is 0 Å². The molecule has 0 atom stereocenters. The normalized spacial score (nSPS) is 11.4. The standard InChI is InChI=1S/C21H24N4O3/c1-21(2,3)23-19(27)14-9-5-6-10-15(14)22-18(26)13-25-17-12-8-7-11-16(17)24(4)20(25)28/h5-12H,13H2,1-4H3,(H,22,26)(H,23,27). The van der Waals surface area contributed by atoms with Crippen molar-refractivity contribution in [3.63, 3.8) is 0 Å². The lowest BCUT2D eigenvalue weighted by atomic mass is 10.1. The van der Waals surface area contributed by atoms with Gasteiger partial charge >= 0.3 is 5.69 Å². The third-order valence-electron chi connectivity index (χ3n) is 4.29. The third-order valence-corrected chi connectivity index (χ3v) is 4.29. The van der Waals surface area contributed by atoms with E-state index in [1.807, 2.05) is 39.0 Å². The summed E-state index contributed by atoms with van der Waals surface area (Å²) >= 11 is 0. The van der Waals surface area contributed by atoms with Crippen LogP contribution < -0.4 is 16.3 Å². The summed E-state index contributed by atoms with van der Waals surface area (Å²) in [4.78, 5) is 37.7. The first-order valence-corrected chi connectivity index (χ1v) is 9.03. The zero-order chi connectivity index (χ0) is 20.5. The van der Waals surface area contributed by atoms with E-state index >= 15 is 0 Å². The van der Waals surface area contributed by atoms with E-state index in [1.54, 1.807) is 37.4 Å². The predicted molar refractivity (Wildman–Crippen MR) is 109 cm³/mol. The Balaban J connectivity index is 1.85. The molecule has 0 aliphatic heterocycles. The molecule has 0 bridgehead atoms. The second kappa shape index (κ2) is 7.34. The average molecular weight is 380 g/mol. The minimum absolute atomic E-state index is 0.143. The van der Waals surface area contributed by atoms with E-state index in [4.69, 9.17) is 0 Å². The molecule has 1 aromatic heterocycles. The van der Waals surface area contributed by atoms with Crippen LogP contribution in [0.25, 0.3) is 11.0 Å². The van der Waals surface area contributed by atoms with Gasteiger partial charge in [-0.05, 0) is 45.0 Å². The SMILES string of the molecule is Cn1c(=O)n(CC(=O)Nc2ccccc2C(=O)NC(C)(C)C)c2ccccc21. The first kappa shape index (κ1) is 19.4. The smallest absolute Gasteiger partial charge is 0.329 e. The molecule has 0 saturated carbocycles. The van der Waals surface area contributed by atoms with E-state index < -0.39 is 5.54 Å². The monoisotopic (exact) mass is 380 g/mol. The van der Waals surface area contributed by atoms with Gasteiger partial charge in [0.2, 0.25) is 5.91 Å². The summed E-state index contributed by atoms with van der Waals surface area (Å²) in [5.74, 6) is -0.653. The molecule has 146 valence electrons. The Morgan fingerprint density at radius 1 is 0.964 bits per heavy atom. The topological polar surface area (TPSA) is 85.1 Å². The highest BCUT2D eigenvalue weighted by molar-refractivity contribution is 6.04. The van der Waals surface area contributed by atoms with Gasteiger partial charge in [0.25, 0.3) is 5.91 Å². The molecule has 7 nitrogen and oxygen atoms in total. The number of rotatable bonds is 4. The molecule has 2 N–H and O–H groups in total. The number of carbonyl (C=O) groups excluding carboxylic acids is 2. The van der Waals surface area contributed by atoms with Crippen LogP contribution in [0, 0.1) is 0 Å². The van der Waals surface area contributed by atoms with Crippen LogP contribution in [0.5, 0.6) is 0 Å². The Hall–Kier alpha value is -3.35. The number of imidazole rings is 1. The Labute approximate surface area is 163 Å². The zero-order valence-electron chi connectivity index (χ0n) is 16.4. The lowest BCUT2D eigenvalue weighted by Gasteiger charge is -2.21. The summed E-state index contributed by atoms with van der Waals surface area (Å²) in [6.07, 6.45) is 0. The number of hydrogen-bond donors (Lipinski definition) is 2. The largest absolute Gasteiger partial charge is 0.347 e. The zero-order valence-corrected chi connectivity index (χ0v) is 16.4. The van der Waals surface area contributed by atoms with E-state index in [0.717, 1.165) is 5.52 Å². The number of carbonyl (C=O) groups is 2. The molecule has 2 aromatic carbocycles. The molecule has 0 aliphatic carbocycles. The van der Waals surface area contributed by atoms with Crippen molar-refractivity contribution in [1.82, 2.24) is 14.5 Å². The first-order chi connectivity index (χ1) is 13.2. The fourth-order valence-corrected chi connectivity index (χ4v) is 3.05. The van der Waals surface area contributed by atoms with Crippen LogP contribution in [0.15, 0.2) is 53.3 Å². The molecule has 7 heteroatoms. The van der Waals surface area contributed by atoms with Gasteiger partial charge in [0.05, 0.1) is 22.3 Å². The van der Waals surface area contributed by atoms with Crippen LogP contribution in [-0.2, 0) is 18.4 Å². The van der Waals surface area contributed by atoms with Gasteiger partial charge in [-0.1, -0.05) is 24.3 Å². The molecule has 2 amide bonds. The van der Waals surface area contributed by atoms with Gasteiger partial charge in [0.1, 0.15) is 6.54 Å². The van der Waals surface area contributed by atoms with Crippen molar-refractivity contribution >= 4 is 28.5 Å². The first-order valence-electron chi connectivity index (χ1n) is 9.03. The van der Waals surface area contributed by atoms with Gasteiger partial charge in [-0.3, -0.25) is 18.7 Å². The van der Waals surface area contributed by atoms with Crippen LogP contribution in [0.1, 0.15) is 31.1 Å². The highest BCUT2D eigenvalue weighted by atomic mass is 16.2. The van der Waals surface area contributed by atoms with E-state index in [2.05, 4.69) is 10.6 Å². The quantitative estimate of drug-likeness (QED) is 0.729. The molecule has 0 unspecified atom stereocenters. The minimum Gasteiger partial charge on any atom is -0.347 e. The lowest BCUT2D eigenvalue weighted by molar-refractivity contribution is -0.116. The maximum absolute atomic E-state index is 12.6. The van der Waals surface area contributed by atoms with Crippen LogP contribution >= 0.6 is 0 Å². The molecular formula is C21H24N4O3. The molecular weight excluding hydrogens is 356 g/mol. The maximum atomic E-state index is 12.6. The van der Waals surface area contributed by atoms with Gasteiger partial charge in [-0.15, -0.1) is 0 Å². The number of anilines is 1. The van der Waals surface area contributed by atoms with Gasteiger partial charge < -0.3 is 10.6 Å². The molecule has 0 saturated heterocycles. The van der Waals surface area contributed by atoms with Gasteiger partial charge in [0, 0.05) is 12.6 Å². The van der Waals surface area contributed by atoms with Crippen LogP contribution in [0.3, 0.4) is 0 Å². The van der Waals surface area contributed by atoms with Crippen molar-refractivity contribution in [3.05, 3.63) is 64.6 Å². The summed E-state index contributed by atoms with van der Waals surface area (Å²) in [6, 6.07) is 14.1. The van der Waals surface area contributed by atoms with Gasteiger partial charge in [-0.25, -0.2) is 4.79 Å². The summed E-state index contributed by atoms with van der Waals surface area (Å²) in [5, 5.41) is 5.64. The molecule has 0 spiro atoms. The van der Waals surface area contributed by atoms with E-state index in [1.165, 1.54) is 9.13 Å². The molecule has 3 aromatic rings. The number of aryl methyl sites for hydroxylation is 1. The number of benzene rings is 2. The second-order valence-corrected chi connectivity index (χ2v) is 7.71. The van der Waals surface area contributed by atoms with Crippen molar-refractivity contribution in [2.24, 2.45) is 7.05 Å². The predicted octanol–water partition coefficient (Wildman–Crippen LogP) is 2.51. The minimum atomic E-state index is -0.398. The summed E-state index contributed by atoms with van der Waals surface area (Å²) in [7, 11) is 1.67. The molecule has 0 radical (unpaired) electrons. The fourth-order valence-electron chi connectivity index (χ4n) is 3.05. The van der Waals surface area contributed by atoms with Crippen LogP contribution in [-0.4, -0.2) is 26.5 Å². The summed E-state index contributed by atoms with van der Waals surface area (Å²) in [6.45, 7) is 5.52. The molecule has 3 rings (SSSR count). The Bertz CT molecular complexity index is 1100. The lowest BCUT2D eigenvalue weighted by Crippen LogP contribution is -2.41. The number of nitrogens with zero attached hydrogens (tertiary/aromatic N) is 2. The van der Waals surface area contributed by atoms with Crippen molar-refractivity contribution in [3.8, 4) is 0 Å². The molecule has 1 heterocycles. The Kier molecular flexibility index (Phi) is 5.09. The number of para-hydroxylation sites is 3. The Morgan fingerprint density at radius 2 is 1.57 bits per heavy atom. The average Bonchev–Trinajstić information content (AvgIpc) is 2.86. The fraction of sp³-hybridized carbons (Fsp3) is 0.286.